The van der Waals surface area contributed by atoms with Gasteiger partial charge in [0, 0.05) is 18.2 Å². The summed E-state index contributed by atoms with van der Waals surface area (Å²) in [4.78, 5) is 0. The predicted octanol–water partition coefficient (Wildman–Crippen LogP) is 2.39. The van der Waals surface area contributed by atoms with E-state index in [2.05, 4.69) is 12.0 Å². The molecule has 0 radical (unpaired) electrons. The fourth-order valence-corrected chi connectivity index (χ4v) is 2.55. The summed E-state index contributed by atoms with van der Waals surface area (Å²) < 4.78 is 13.1. The van der Waals surface area contributed by atoms with Gasteiger partial charge in [0.15, 0.2) is 11.5 Å². The maximum absolute atomic E-state index is 6.13. The number of ether oxygens (including phenoxy) is 2. The Morgan fingerprint density at radius 2 is 2.10 bits per heavy atom. The van der Waals surface area contributed by atoms with Crippen molar-refractivity contribution in [3.8, 4) is 22.8 Å². The molecule has 2 N–H and O–H groups in total. The summed E-state index contributed by atoms with van der Waals surface area (Å²) in [7, 11) is 1.87. The molecular formula is C15H19N3O2. The van der Waals surface area contributed by atoms with Crippen LogP contribution >= 0.6 is 0 Å². The van der Waals surface area contributed by atoms with Crippen molar-refractivity contribution in [2.24, 2.45) is 7.05 Å². The van der Waals surface area contributed by atoms with Crippen LogP contribution in [0.4, 0.5) is 5.82 Å². The smallest absolute Gasteiger partial charge is 0.170 e. The fraction of sp³-hybridized carbons (Fsp3) is 0.400. The van der Waals surface area contributed by atoms with Crippen LogP contribution in [0.3, 0.4) is 0 Å². The third-order valence-corrected chi connectivity index (χ3v) is 3.52. The van der Waals surface area contributed by atoms with Gasteiger partial charge >= 0.3 is 0 Å². The lowest BCUT2D eigenvalue weighted by Gasteiger charge is -2.20. The summed E-state index contributed by atoms with van der Waals surface area (Å²) >= 11 is 0. The van der Waals surface area contributed by atoms with Gasteiger partial charge in [-0.2, -0.15) is 5.10 Å². The van der Waals surface area contributed by atoms with E-state index in [0.717, 1.165) is 47.0 Å². The molecule has 1 aliphatic heterocycles. The third-order valence-electron chi connectivity index (χ3n) is 3.52. The van der Waals surface area contributed by atoms with Crippen molar-refractivity contribution >= 4 is 5.82 Å². The molecule has 1 aliphatic rings. The number of hydrogen-bond donors (Lipinski definition) is 1. The van der Waals surface area contributed by atoms with E-state index in [4.69, 9.17) is 15.2 Å². The van der Waals surface area contributed by atoms with E-state index in [-0.39, 0.29) is 0 Å². The predicted molar refractivity (Wildman–Crippen MR) is 78.0 cm³/mol. The maximum Gasteiger partial charge on any atom is 0.170 e. The molecule has 0 aliphatic carbocycles. The van der Waals surface area contributed by atoms with Crippen LogP contribution in [0.15, 0.2) is 18.2 Å². The number of aryl methyl sites for hydroxylation is 1. The molecule has 1 aromatic heterocycles. The van der Waals surface area contributed by atoms with E-state index in [1.54, 1.807) is 4.68 Å². The minimum absolute atomic E-state index is 0.565. The first-order valence-electron chi connectivity index (χ1n) is 6.92. The first-order chi connectivity index (χ1) is 9.72. The van der Waals surface area contributed by atoms with Crippen LogP contribution in [0.25, 0.3) is 11.3 Å². The van der Waals surface area contributed by atoms with Crippen molar-refractivity contribution in [3.63, 3.8) is 0 Å². The Balaban J connectivity index is 2.16. The summed E-state index contributed by atoms with van der Waals surface area (Å²) in [5.74, 6) is 2.27. The van der Waals surface area contributed by atoms with Gasteiger partial charge in [-0.15, -0.1) is 0 Å². The van der Waals surface area contributed by atoms with Crippen molar-refractivity contribution in [2.75, 3.05) is 18.9 Å². The van der Waals surface area contributed by atoms with E-state index < -0.39 is 0 Å². The van der Waals surface area contributed by atoms with Crippen molar-refractivity contribution in [3.05, 3.63) is 23.8 Å². The lowest BCUT2D eigenvalue weighted by molar-refractivity contribution is 0.172. The Hall–Kier alpha value is -2.17. The molecule has 0 saturated heterocycles. The summed E-state index contributed by atoms with van der Waals surface area (Å²) in [5, 5.41) is 4.56. The number of hydrogen-bond acceptors (Lipinski definition) is 4. The van der Waals surface area contributed by atoms with Crippen molar-refractivity contribution in [1.29, 1.82) is 0 Å². The minimum atomic E-state index is 0.565. The number of rotatable bonds is 3. The van der Waals surface area contributed by atoms with Crippen LogP contribution in [0, 0.1) is 0 Å². The molecule has 5 nitrogen and oxygen atoms in total. The van der Waals surface area contributed by atoms with E-state index in [0.29, 0.717) is 13.2 Å². The average molecular weight is 273 g/mol. The van der Waals surface area contributed by atoms with E-state index in [1.165, 1.54) is 0 Å². The lowest BCUT2D eigenvalue weighted by Crippen LogP contribution is -2.16. The number of nitrogens with zero attached hydrogens (tertiary/aromatic N) is 2. The van der Waals surface area contributed by atoms with Crippen LogP contribution in [-0.4, -0.2) is 23.0 Å². The Kier molecular flexibility index (Phi) is 3.26. The van der Waals surface area contributed by atoms with Gasteiger partial charge in [0.2, 0.25) is 0 Å². The Bertz CT molecular complexity index is 634. The van der Waals surface area contributed by atoms with Gasteiger partial charge in [0.25, 0.3) is 0 Å². The van der Waals surface area contributed by atoms with E-state index >= 15 is 0 Å². The summed E-state index contributed by atoms with van der Waals surface area (Å²) in [6.07, 6.45) is 1.93. The molecule has 106 valence electrons. The normalized spacial score (nSPS) is 13.5. The standard InChI is InChI=1S/C15H19N3O2/c1-3-5-11-13(17-18(2)15(11)16)10-6-4-7-12-14(10)20-9-8-19-12/h4,6-7H,3,5,8-9,16H2,1-2H3. The van der Waals surface area contributed by atoms with Gasteiger partial charge in [-0.25, -0.2) is 0 Å². The highest BCUT2D eigenvalue weighted by atomic mass is 16.6. The molecule has 0 fully saturated rings. The lowest BCUT2D eigenvalue weighted by atomic mass is 10.0. The highest BCUT2D eigenvalue weighted by molar-refractivity contribution is 5.76. The van der Waals surface area contributed by atoms with Crippen LogP contribution in [0.2, 0.25) is 0 Å². The van der Waals surface area contributed by atoms with Gasteiger partial charge in [0.1, 0.15) is 24.7 Å². The second-order valence-electron chi connectivity index (χ2n) is 4.92. The number of aromatic nitrogens is 2. The SMILES string of the molecule is CCCc1c(-c2cccc3c2OCCO3)nn(C)c1N. The molecule has 0 saturated carbocycles. The maximum atomic E-state index is 6.13. The number of nitrogen functional groups attached to an aromatic ring is 1. The summed E-state index contributed by atoms with van der Waals surface area (Å²) in [5.41, 5.74) is 9.07. The zero-order valence-electron chi connectivity index (χ0n) is 11.8. The Morgan fingerprint density at radius 3 is 2.90 bits per heavy atom. The molecule has 5 heteroatoms. The van der Waals surface area contributed by atoms with Crippen LogP contribution in [0.1, 0.15) is 18.9 Å². The number of nitrogens with two attached hydrogens (primary N) is 1. The minimum Gasteiger partial charge on any atom is -0.486 e. The zero-order valence-corrected chi connectivity index (χ0v) is 11.8. The summed E-state index contributed by atoms with van der Waals surface area (Å²) in [6.45, 7) is 3.29. The quantitative estimate of drug-likeness (QED) is 0.932. The van der Waals surface area contributed by atoms with Gasteiger partial charge in [-0.3, -0.25) is 4.68 Å². The molecule has 2 heterocycles. The molecule has 3 rings (SSSR count). The Labute approximate surface area is 118 Å². The molecule has 0 bridgehead atoms. The first-order valence-corrected chi connectivity index (χ1v) is 6.92. The van der Waals surface area contributed by atoms with Gasteiger partial charge in [-0.1, -0.05) is 19.4 Å². The van der Waals surface area contributed by atoms with Crippen LogP contribution < -0.4 is 15.2 Å². The number of fused-ring (bicyclic) bond motifs is 1. The largest absolute Gasteiger partial charge is 0.486 e. The van der Waals surface area contributed by atoms with Crippen LogP contribution in [0.5, 0.6) is 11.5 Å². The molecule has 0 atom stereocenters. The number of anilines is 1. The first kappa shape index (κ1) is 12.8. The second-order valence-corrected chi connectivity index (χ2v) is 4.92. The molecule has 1 aromatic carbocycles. The van der Waals surface area contributed by atoms with E-state index in [9.17, 15) is 0 Å². The molecular weight excluding hydrogens is 254 g/mol. The topological polar surface area (TPSA) is 62.3 Å². The third kappa shape index (κ3) is 1.99. The average Bonchev–Trinajstić information content (AvgIpc) is 2.75. The Morgan fingerprint density at radius 1 is 1.30 bits per heavy atom. The fourth-order valence-electron chi connectivity index (χ4n) is 2.55. The molecule has 0 spiro atoms. The van der Waals surface area contributed by atoms with Crippen molar-refractivity contribution in [2.45, 2.75) is 19.8 Å². The van der Waals surface area contributed by atoms with Crippen LogP contribution in [-0.2, 0) is 13.5 Å². The van der Waals surface area contributed by atoms with Crippen molar-refractivity contribution in [1.82, 2.24) is 9.78 Å². The van der Waals surface area contributed by atoms with Gasteiger partial charge in [0.05, 0.1) is 0 Å². The molecule has 20 heavy (non-hydrogen) atoms. The highest BCUT2D eigenvalue weighted by Gasteiger charge is 2.22. The monoisotopic (exact) mass is 273 g/mol. The number of para-hydroxylation sites is 1. The van der Waals surface area contributed by atoms with Gasteiger partial charge < -0.3 is 15.2 Å². The second kappa shape index (κ2) is 5.07. The molecule has 0 unspecified atom stereocenters. The summed E-state index contributed by atoms with van der Waals surface area (Å²) in [6, 6.07) is 5.89. The van der Waals surface area contributed by atoms with Crippen molar-refractivity contribution < 1.29 is 9.47 Å². The molecule has 2 aromatic rings. The van der Waals surface area contributed by atoms with Gasteiger partial charge in [-0.05, 0) is 18.6 Å². The molecule has 0 amide bonds. The number of benzene rings is 1. The highest BCUT2D eigenvalue weighted by Crippen LogP contribution is 2.41. The van der Waals surface area contributed by atoms with E-state index in [1.807, 2.05) is 25.2 Å². The zero-order chi connectivity index (χ0) is 14.1.